The van der Waals surface area contributed by atoms with E-state index in [1.54, 1.807) is 11.3 Å². The first-order valence-corrected chi connectivity index (χ1v) is 7.23. The van der Waals surface area contributed by atoms with Crippen LogP contribution in [0.25, 0.3) is 0 Å². The molecule has 0 aliphatic carbocycles. The van der Waals surface area contributed by atoms with Crippen molar-refractivity contribution in [2.75, 3.05) is 0 Å². The van der Waals surface area contributed by atoms with Crippen LogP contribution in [-0.2, 0) is 6.42 Å². The van der Waals surface area contributed by atoms with Crippen molar-refractivity contribution < 1.29 is 5.11 Å². The average molecular weight is 362 g/mol. The number of hydrogen-bond acceptors (Lipinski definition) is 2. The number of benzene rings is 1. The van der Waals surface area contributed by atoms with Gasteiger partial charge in [-0.15, -0.1) is 11.3 Å². The summed E-state index contributed by atoms with van der Waals surface area (Å²) in [7, 11) is 0. The molecule has 0 aliphatic heterocycles. The van der Waals surface area contributed by atoms with Gasteiger partial charge in [-0.25, -0.2) is 0 Å². The normalized spacial score (nSPS) is 12.7. The molecule has 1 heterocycles. The summed E-state index contributed by atoms with van der Waals surface area (Å²) in [6, 6.07) is 11.8. The van der Waals surface area contributed by atoms with E-state index in [0.29, 0.717) is 6.42 Å². The van der Waals surface area contributed by atoms with Gasteiger partial charge in [-0.05, 0) is 45.8 Å². The van der Waals surface area contributed by atoms with E-state index in [1.165, 1.54) is 4.88 Å². The fourth-order valence-electron chi connectivity index (χ4n) is 1.48. The molecular formula is C12H10Br2OS. The molecule has 1 unspecified atom stereocenters. The monoisotopic (exact) mass is 360 g/mol. The molecule has 0 bridgehead atoms. The fourth-order valence-corrected chi connectivity index (χ4v) is 3.42. The van der Waals surface area contributed by atoms with Crippen LogP contribution < -0.4 is 0 Å². The Morgan fingerprint density at radius 3 is 2.62 bits per heavy atom. The summed E-state index contributed by atoms with van der Waals surface area (Å²) in [4.78, 5) is 1.18. The zero-order valence-electron chi connectivity index (χ0n) is 8.36. The Morgan fingerprint density at radius 2 is 2.00 bits per heavy atom. The maximum absolute atomic E-state index is 10.1. The van der Waals surface area contributed by atoms with Gasteiger partial charge in [0.05, 0.1) is 9.89 Å². The predicted molar refractivity (Wildman–Crippen MR) is 74.8 cm³/mol. The highest BCUT2D eigenvalue weighted by Crippen LogP contribution is 2.27. The van der Waals surface area contributed by atoms with Gasteiger partial charge < -0.3 is 5.11 Å². The van der Waals surface area contributed by atoms with Gasteiger partial charge in [0, 0.05) is 15.8 Å². The summed E-state index contributed by atoms with van der Waals surface area (Å²) < 4.78 is 2.10. The summed E-state index contributed by atoms with van der Waals surface area (Å²) >= 11 is 8.48. The first-order chi connectivity index (χ1) is 7.65. The van der Waals surface area contributed by atoms with Crippen LogP contribution in [0.3, 0.4) is 0 Å². The van der Waals surface area contributed by atoms with Gasteiger partial charge in [0.15, 0.2) is 0 Å². The molecule has 0 spiro atoms. The van der Waals surface area contributed by atoms with Gasteiger partial charge in [-0.2, -0.15) is 0 Å². The third-order valence-electron chi connectivity index (χ3n) is 2.26. The minimum absolute atomic E-state index is 0.442. The molecule has 1 nitrogen and oxygen atoms in total. The Balaban J connectivity index is 2.11. The fraction of sp³-hybridized carbons (Fsp3) is 0.167. The lowest BCUT2D eigenvalue weighted by Gasteiger charge is -2.09. The van der Waals surface area contributed by atoms with Crippen molar-refractivity contribution in [2.45, 2.75) is 12.5 Å². The van der Waals surface area contributed by atoms with E-state index in [1.807, 2.05) is 36.4 Å². The summed E-state index contributed by atoms with van der Waals surface area (Å²) in [6.07, 6.45) is 0.218. The molecule has 0 saturated heterocycles. The van der Waals surface area contributed by atoms with E-state index >= 15 is 0 Å². The van der Waals surface area contributed by atoms with Gasteiger partial charge in [0.1, 0.15) is 0 Å². The lowest BCUT2D eigenvalue weighted by molar-refractivity contribution is 0.179. The molecule has 1 N–H and O–H groups in total. The van der Waals surface area contributed by atoms with Crippen molar-refractivity contribution >= 4 is 43.2 Å². The summed E-state index contributed by atoms with van der Waals surface area (Å²) in [5.74, 6) is 0. The standard InChI is InChI=1S/C12H10Br2OS/c13-9-3-1-2-8(6-9)11(15)7-10-4-5-12(14)16-10/h1-6,11,15H,7H2. The number of thiophene rings is 1. The lowest BCUT2D eigenvalue weighted by atomic mass is 10.1. The van der Waals surface area contributed by atoms with E-state index < -0.39 is 6.10 Å². The Labute approximate surface area is 115 Å². The highest BCUT2D eigenvalue weighted by Gasteiger charge is 2.10. The molecule has 0 saturated carbocycles. The van der Waals surface area contributed by atoms with Gasteiger partial charge in [-0.3, -0.25) is 0 Å². The Bertz CT molecular complexity index is 481. The SMILES string of the molecule is OC(Cc1ccc(Br)s1)c1cccc(Br)c1. The van der Waals surface area contributed by atoms with Crippen molar-refractivity contribution in [1.29, 1.82) is 0 Å². The lowest BCUT2D eigenvalue weighted by Crippen LogP contribution is -2.00. The zero-order chi connectivity index (χ0) is 11.5. The van der Waals surface area contributed by atoms with Crippen molar-refractivity contribution in [1.82, 2.24) is 0 Å². The Kier molecular flexibility index (Phi) is 4.19. The van der Waals surface area contributed by atoms with Crippen LogP contribution in [0.2, 0.25) is 0 Å². The minimum Gasteiger partial charge on any atom is -0.388 e. The largest absolute Gasteiger partial charge is 0.388 e. The quantitative estimate of drug-likeness (QED) is 0.850. The highest BCUT2D eigenvalue weighted by atomic mass is 79.9. The molecule has 2 rings (SSSR count). The van der Waals surface area contributed by atoms with Gasteiger partial charge in [0.25, 0.3) is 0 Å². The van der Waals surface area contributed by atoms with Crippen LogP contribution in [0.1, 0.15) is 16.5 Å². The second-order valence-electron chi connectivity index (χ2n) is 3.48. The van der Waals surface area contributed by atoms with Crippen LogP contribution in [-0.4, -0.2) is 5.11 Å². The molecule has 0 aliphatic rings. The molecule has 1 aromatic carbocycles. The Hall–Kier alpha value is -0.160. The first-order valence-electron chi connectivity index (χ1n) is 4.83. The summed E-state index contributed by atoms with van der Waals surface area (Å²) in [5, 5.41) is 10.1. The first kappa shape index (κ1) is 12.3. The van der Waals surface area contributed by atoms with Crippen LogP contribution in [0, 0.1) is 0 Å². The number of hydrogen-bond donors (Lipinski definition) is 1. The number of halogens is 2. The second-order valence-corrected chi connectivity index (χ2v) is 6.94. The molecule has 0 radical (unpaired) electrons. The van der Waals surface area contributed by atoms with Gasteiger partial charge in [0.2, 0.25) is 0 Å². The van der Waals surface area contributed by atoms with E-state index in [9.17, 15) is 5.11 Å². The number of aliphatic hydroxyl groups is 1. The molecule has 2 aromatic rings. The van der Waals surface area contributed by atoms with Crippen LogP contribution in [0.4, 0.5) is 0 Å². The minimum atomic E-state index is -0.442. The van der Waals surface area contributed by atoms with Crippen molar-refractivity contribution in [3.05, 3.63) is 55.1 Å². The van der Waals surface area contributed by atoms with E-state index in [4.69, 9.17) is 0 Å². The number of aliphatic hydroxyl groups excluding tert-OH is 1. The molecule has 84 valence electrons. The summed E-state index contributed by atoms with van der Waals surface area (Å²) in [5.41, 5.74) is 0.943. The number of rotatable bonds is 3. The molecule has 0 fully saturated rings. The van der Waals surface area contributed by atoms with Crippen LogP contribution in [0.15, 0.2) is 44.7 Å². The third-order valence-corrected chi connectivity index (χ3v) is 4.40. The molecule has 16 heavy (non-hydrogen) atoms. The molecule has 1 atom stereocenters. The van der Waals surface area contributed by atoms with Crippen LogP contribution >= 0.6 is 43.2 Å². The molecule has 0 amide bonds. The van der Waals surface area contributed by atoms with Gasteiger partial charge >= 0.3 is 0 Å². The predicted octanol–water partition coefficient (Wildman–Crippen LogP) is 4.55. The maximum Gasteiger partial charge on any atom is 0.0838 e. The van der Waals surface area contributed by atoms with Crippen molar-refractivity contribution in [3.63, 3.8) is 0 Å². The smallest absolute Gasteiger partial charge is 0.0838 e. The molecular weight excluding hydrogens is 352 g/mol. The maximum atomic E-state index is 10.1. The van der Waals surface area contributed by atoms with Gasteiger partial charge in [-0.1, -0.05) is 28.1 Å². The van der Waals surface area contributed by atoms with Crippen molar-refractivity contribution in [3.8, 4) is 0 Å². The summed E-state index contributed by atoms with van der Waals surface area (Å²) in [6.45, 7) is 0. The second kappa shape index (κ2) is 5.45. The third kappa shape index (κ3) is 3.17. The average Bonchev–Trinajstić information content (AvgIpc) is 2.64. The zero-order valence-corrected chi connectivity index (χ0v) is 12.3. The highest BCUT2D eigenvalue weighted by molar-refractivity contribution is 9.11. The van der Waals surface area contributed by atoms with Crippen molar-refractivity contribution in [2.24, 2.45) is 0 Å². The van der Waals surface area contributed by atoms with E-state index in [-0.39, 0.29) is 0 Å². The van der Waals surface area contributed by atoms with E-state index in [0.717, 1.165) is 13.8 Å². The van der Waals surface area contributed by atoms with Crippen LogP contribution in [0.5, 0.6) is 0 Å². The Morgan fingerprint density at radius 1 is 1.19 bits per heavy atom. The molecule has 4 heteroatoms. The molecule has 1 aromatic heterocycles. The van der Waals surface area contributed by atoms with E-state index in [2.05, 4.69) is 31.9 Å². The topological polar surface area (TPSA) is 20.2 Å².